The Hall–Kier alpha value is 0.785. The van der Waals surface area contributed by atoms with E-state index in [1.807, 2.05) is 0 Å². The molecular weight excluding hydrogens is 182 g/mol. The zero-order chi connectivity index (χ0) is 5.11. The topological polar surface area (TPSA) is 168 Å². The van der Waals surface area contributed by atoms with E-state index in [1.54, 1.807) is 0 Å². The van der Waals surface area contributed by atoms with E-state index in [9.17, 15) is 5.02 Å². The quantitative estimate of drug-likeness (QED) is 0.277. The predicted molar refractivity (Wildman–Crippen MR) is 36.7 cm³/mol. The Morgan fingerprint density at radius 2 is 1.58 bits per heavy atom. The first-order valence-electron chi connectivity index (χ1n) is 2.33. The summed E-state index contributed by atoms with van der Waals surface area (Å²) in [7, 11) is -0.936. The van der Waals surface area contributed by atoms with Crippen molar-refractivity contribution in [1.82, 2.24) is 0 Å². The molecule has 9 heteroatoms. The van der Waals surface area contributed by atoms with E-state index in [4.69, 9.17) is 0 Å². The maximum Gasteiger partial charge on any atom is 1.00 e. The molecule has 0 atom stereocenters. The van der Waals surface area contributed by atoms with Gasteiger partial charge in [0.15, 0.2) is 0 Å². The van der Waals surface area contributed by atoms with Crippen molar-refractivity contribution in [3.8, 4) is 0 Å². The maximum absolute atomic E-state index is 10.2. The van der Waals surface area contributed by atoms with Gasteiger partial charge in [-0.1, -0.05) is 6.32 Å². The van der Waals surface area contributed by atoms with E-state index < -0.39 is 7.12 Å². The van der Waals surface area contributed by atoms with Crippen LogP contribution in [0.15, 0.2) is 0 Å². The summed E-state index contributed by atoms with van der Waals surface area (Å²) in [6.45, 7) is 0.568. The van der Waals surface area contributed by atoms with Gasteiger partial charge in [-0.15, -0.1) is 0 Å². The van der Waals surface area contributed by atoms with Gasteiger partial charge in [0.25, 0.3) is 0 Å². The van der Waals surface area contributed by atoms with Gasteiger partial charge in [-0.25, -0.2) is 0 Å². The standard InChI is InChI=1S/C3H6BO3.Na.4H2O/c5-4-2-1-3-6-7-4;;;;;/h1-3H2;;4*1H2/q-1;+1;;;;. The van der Waals surface area contributed by atoms with Crippen molar-refractivity contribution >= 4 is 7.12 Å². The summed E-state index contributed by atoms with van der Waals surface area (Å²) in [6, 6.07) is 0. The first-order chi connectivity index (χ1) is 3.39. The van der Waals surface area contributed by atoms with Gasteiger partial charge in [-0.3, -0.25) is 4.89 Å². The number of rotatable bonds is 0. The van der Waals surface area contributed by atoms with Gasteiger partial charge in [0.1, 0.15) is 0 Å². The molecule has 0 aliphatic carbocycles. The van der Waals surface area contributed by atoms with Crippen molar-refractivity contribution in [2.75, 3.05) is 6.61 Å². The number of hydrogen-bond acceptors (Lipinski definition) is 3. The number of hydrogen-bond donors (Lipinski definition) is 0. The Morgan fingerprint density at radius 3 is 1.75 bits per heavy atom. The summed E-state index contributed by atoms with van der Waals surface area (Å²) in [6.07, 6.45) is 1.41. The molecule has 8 N–H and O–H groups in total. The minimum absolute atomic E-state index is 0. The van der Waals surface area contributed by atoms with Crippen LogP contribution in [-0.4, -0.2) is 35.6 Å². The molecule has 0 bridgehead atoms. The van der Waals surface area contributed by atoms with Crippen LogP contribution >= 0.6 is 0 Å². The van der Waals surface area contributed by atoms with Gasteiger partial charge < -0.3 is 31.7 Å². The van der Waals surface area contributed by atoms with Crippen molar-refractivity contribution in [2.45, 2.75) is 12.7 Å². The molecule has 0 saturated carbocycles. The summed E-state index contributed by atoms with van der Waals surface area (Å²) in [5, 5.41) is 10.2. The second-order valence-corrected chi connectivity index (χ2v) is 1.49. The molecule has 0 unspecified atom stereocenters. The first kappa shape index (κ1) is 29.3. The van der Waals surface area contributed by atoms with Crippen LogP contribution in [0, 0.1) is 0 Å². The summed E-state index contributed by atoms with van der Waals surface area (Å²) in [4.78, 5) is 8.59. The van der Waals surface area contributed by atoms with Crippen molar-refractivity contribution in [3.63, 3.8) is 0 Å². The Bertz CT molecular complexity index is 60.6. The summed E-state index contributed by atoms with van der Waals surface area (Å²) in [5.41, 5.74) is 0. The van der Waals surface area contributed by atoms with Gasteiger partial charge in [0.05, 0.1) is 6.61 Å². The Morgan fingerprint density at radius 1 is 1.08 bits per heavy atom. The van der Waals surface area contributed by atoms with Crippen LogP contribution in [0.3, 0.4) is 0 Å². The average Bonchev–Trinajstić information content (AvgIpc) is 1.69. The van der Waals surface area contributed by atoms with E-state index in [2.05, 4.69) is 9.69 Å². The molecule has 1 fully saturated rings. The first-order valence-corrected chi connectivity index (χ1v) is 2.33. The van der Waals surface area contributed by atoms with Crippen LogP contribution in [0.4, 0.5) is 0 Å². The molecule has 0 aromatic heterocycles. The third-order valence-corrected chi connectivity index (χ3v) is 0.843. The third-order valence-electron chi connectivity index (χ3n) is 0.843. The van der Waals surface area contributed by atoms with Gasteiger partial charge in [-0.05, 0) is 6.42 Å². The van der Waals surface area contributed by atoms with Crippen molar-refractivity contribution in [1.29, 1.82) is 0 Å². The van der Waals surface area contributed by atoms with Crippen LogP contribution in [0.5, 0.6) is 0 Å². The smallest absolute Gasteiger partial charge is 0.854 e. The molecule has 72 valence electrons. The molecule has 1 rings (SSSR count). The van der Waals surface area contributed by atoms with E-state index in [0.717, 1.165) is 6.42 Å². The second kappa shape index (κ2) is 17.8. The average molecular weight is 196 g/mol. The van der Waals surface area contributed by atoms with Crippen LogP contribution in [0.25, 0.3) is 0 Å². The molecule has 0 spiro atoms. The summed E-state index contributed by atoms with van der Waals surface area (Å²) >= 11 is 0. The molecular formula is C3H14BNaO7. The Balaban J connectivity index is -0.0000000327. The predicted octanol–water partition coefficient (Wildman–Crippen LogP) is -7.11. The van der Waals surface area contributed by atoms with E-state index in [0.29, 0.717) is 12.9 Å². The van der Waals surface area contributed by atoms with Gasteiger partial charge in [0.2, 0.25) is 7.12 Å². The van der Waals surface area contributed by atoms with Crippen LogP contribution in [-0.2, 0) is 9.69 Å². The van der Waals surface area contributed by atoms with Gasteiger partial charge >= 0.3 is 29.6 Å². The molecule has 0 aromatic rings. The van der Waals surface area contributed by atoms with E-state index >= 15 is 0 Å². The SMILES string of the molecule is O.O.O.O.[Na+].[O-]B1CCCOO1. The van der Waals surface area contributed by atoms with E-state index in [1.165, 1.54) is 0 Å². The fourth-order valence-electron chi connectivity index (χ4n) is 0.481. The molecule has 1 saturated heterocycles. The monoisotopic (exact) mass is 196 g/mol. The fraction of sp³-hybridized carbons (Fsp3) is 1.00. The minimum atomic E-state index is -0.936. The molecule has 1 aliphatic rings. The molecule has 1 aliphatic heterocycles. The normalized spacial score (nSPS) is 13.2. The molecule has 7 nitrogen and oxygen atoms in total. The summed E-state index contributed by atoms with van der Waals surface area (Å²) in [5.74, 6) is 0. The van der Waals surface area contributed by atoms with Crippen molar-refractivity contribution < 1.29 is 66.2 Å². The van der Waals surface area contributed by atoms with Crippen LogP contribution in [0.1, 0.15) is 6.42 Å². The zero-order valence-electron chi connectivity index (χ0n) is 6.92. The second-order valence-electron chi connectivity index (χ2n) is 1.49. The fourth-order valence-corrected chi connectivity index (χ4v) is 0.481. The molecule has 0 amide bonds. The zero-order valence-corrected chi connectivity index (χ0v) is 8.92. The minimum Gasteiger partial charge on any atom is -0.854 e. The van der Waals surface area contributed by atoms with Crippen LogP contribution in [0.2, 0.25) is 6.32 Å². The van der Waals surface area contributed by atoms with Gasteiger partial charge in [-0.2, -0.15) is 0 Å². The largest absolute Gasteiger partial charge is 1.00 e. The molecule has 0 radical (unpaired) electrons. The van der Waals surface area contributed by atoms with Gasteiger partial charge in [0, 0.05) is 0 Å². The van der Waals surface area contributed by atoms with Crippen molar-refractivity contribution in [2.24, 2.45) is 0 Å². The summed E-state index contributed by atoms with van der Waals surface area (Å²) < 4.78 is 0. The molecule has 0 aromatic carbocycles. The van der Waals surface area contributed by atoms with E-state index in [-0.39, 0.29) is 51.5 Å². The molecule has 12 heavy (non-hydrogen) atoms. The molecule has 1 heterocycles. The Labute approximate surface area is 92.6 Å². The van der Waals surface area contributed by atoms with Crippen molar-refractivity contribution in [3.05, 3.63) is 0 Å². The van der Waals surface area contributed by atoms with Crippen LogP contribution < -0.4 is 34.6 Å². The third kappa shape index (κ3) is 13.4. The maximum atomic E-state index is 10.2. The Kier molecular flexibility index (Phi) is 43.4.